The smallest absolute Gasteiger partial charge is 0.0694 e. The Morgan fingerprint density at radius 2 is 1.88 bits per heavy atom. The summed E-state index contributed by atoms with van der Waals surface area (Å²) < 4.78 is 6.16. The summed E-state index contributed by atoms with van der Waals surface area (Å²) in [4.78, 5) is 0. The van der Waals surface area contributed by atoms with E-state index in [-0.39, 0.29) is 5.60 Å². The first kappa shape index (κ1) is 15.0. The molecule has 1 saturated carbocycles. The van der Waals surface area contributed by atoms with Crippen LogP contribution in [0.1, 0.15) is 66.2 Å². The molecule has 0 saturated heterocycles. The van der Waals surface area contributed by atoms with E-state index in [2.05, 4.69) is 33.0 Å². The van der Waals surface area contributed by atoms with Crippen molar-refractivity contribution in [1.82, 2.24) is 5.32 Å². The molecule has 2 nitrogen and oxygen atoms in total. The summed E-state index contributed by atoms with van der Waals surface area (Å²) in [6, 6.07) is 0.591. The lowest BCUT2D eigenvalue weighted by atomic mass is 9.77. The molecule has 2 heteroatoms. The maximum absolute atomic E-state index is 6.16. The topological polar surface area (TPSA) is 21.3 Å². The van der Waals surface area contributed by atoms with E-state index in [0.717, 1.165) is 19.1 Å². The van der Waals surface area contributed by atoms with Crippen molar-refractivity contribution in [1.29, 1.82) is 0 Å². The standard InChI is InChI=1S/C15H31NO/c1-13(2)7-5-12-17-15(8-6-9-15)10-11-16-14(3)4/h13-14,16H,5-12H2,1-4H3. The second kappa shape index (κ2) is 7.38. The van der Waals surface area contributed by atoms with E-state index in [0.29, 0.717) is 6.04 Å². The Morgan fingerprint density at radius 1 is 1.18 bits per heavy atom. The highest BCUT2D eigenvalue weighted by atomic mass is 16.5. The fourth-order valence-electron chi connectivity index (χ4n) is 2.41. The molecular formula is C15H31NO. The van der Waals surface area contributed by atoms with Gasteiger partial charge in [0.15, 0.2) is 0 Å². The van der Waals surface area contributed by atoms with Crippen molar-refractivity contribution < 1.29 is 4.74 Å². The van der Waals surface area contributed by atoms with Gasteiger partial charge in [0.2, 0.25) is 0 Å². The minimum absolute atomic E-state index is 0.235. The third-order valence-electron chi connectivity index (χ3n) is 3.73. The van der Waals surface area contributed by atoms with Crippen molar-refractivity contribution in [3.8, 4) is 0 Å². The van der Waals surface area contributed by atoms with Crippen LogP contribution < -0.4 is 5.32 Å². The second-order valence-corrected chi connectivity index (χ2v) is 6.28. The molecule has 1 aliphatic rings. The van der Waals surface area contributed by atoms with E-state index in [1.165, 1.54) is 38.5 Å². The van der Waals surface area contributed by atoms with E-state index < -0.39 is 0 Å². The van der Waals surface area contributed by atoms with E-state index in [9.17, 15) is 0 Å². The molecule has 0 spiro atoms. The van der Waals surface area contributed by atoms with E-state index in [1.54, 1.807) is 0 Å². The van der Waals surface area contributed by atoms with Gasteiger partial charge in [-0.05, 0) is 51.0 Å². The summed E-state index contributed by atoms with van der Waals surface area (Å²) in [6.07, 6.45) is 7.60. The van der Waals surface area contributed by atoms with Crippen LogP contribution in [0.2, 0.25) is 0 Å². The second-order valence-electron chi connectivity index (χ2n) is 6.28. The number of rotatable bonds is 9. The molecule has 0 unspecified atom stereocenters. The van der Waals surface area contributed by atoms with Crippen molar-refractivity contribution in [2.45, 2.75) is 77.9 Å². The highest BCUT2D eigenvalue weighted by molar-refractivity contribution is 4.90. The van der Waals surface area contributed by atoms with Gasteiger partial charge in [0.1, 0.15) is 0 Å². The highest BCUT2D eigenvalue weighted by Gasteiger charge is 2.37. The molecule has 1 fully saturated rings. The molecule has 0 atom stereocenters. The van der Waals surface area contributed by atoms with Crippen LogP contribution in [0.25, 0.3) is 0 Å². The molecule has 1 rings (SSSR count). The molecule has 0 aromatic rings. The van der Waals surface area contributed by atoms with Crippen molar-refractivity contribution >= 4 is 0 Å². The molecule has 0 heterocycles. The molecular weight excluding hydrogens is 210 g/mol. The lowest BCUT2D eigenvalue weighted by molar-refractivity contribution is -0.106. The zero-order chi connectivity index (χ0) is 12.7. The predicted molar refractivity (Wildman–Crippen MR) is 74.4 cm³/mol. The van der Waals surface area contributed by atoms with E-state index in [4.69, 9.17) is 4.74 Å². The van der Waals surface area contributed by atoms with Gasteiger partial charge in [-0.1, -0.05) is 27.7 Å². The van der Waals surface area contributed by atoms with Gasteiger partial charge in [-0.15, -0.1) is 0 Å². The molecule has 1 N–H and O–H groups in total. The van der Waals surface area contributed by atoms with Crippen molar-refractivity contribution in [3.05, 3.63) is 0 Å². The molecule has 0 bridgehead atoms. The Morgan fingerprint density at radius 3 is 2.35 bits per heavy atom. The van der Waals surface area contributed by atoms with Crippen molar-refractivity contribution in [2.75, 3.05) is 13.2 Å². The average Bonchev–Trinajstić information content (AvgIpc) is 2.18. The SMILES string of the molecule is CC(C)CCCOC1(CCNC(C)C)CCC1. The maximum Gasteiger partial charge on any atom is 0.0694 e. The Bertz CT molecular complexity index is 197. The normalized spacial score (nSPS) is 18.7. The number of ether oxygens (including phenoxy) is 1. The zero-order valence-corrected chi connectivity index (χ0v) is 12.2. The van der Waals surface area contributed by atoms with Gasteiger partial charge in [0.25, 0.3) is 0 Å². The third-order valence-corrected chi connectivity index (χ3v) is 3.73. The zero-order valence-electron chi connectivity index (χ0n) is 12.2. The largest absolute Gasteiger partial charge is 0.375 e. The van der Waals surface area contributed by atoms with Gasteiger partial charge < -0.3 is 10.1 Å². The first-order valence-electron chi connectivity index (χ1n) is 7.41. The molecule has 1 aliphatic carbocycles. The maximum atomic E-state index is 6.16. The van der Waals surface area contributed by atoms with Crippen LogP contribution in [0.4, 0.5) is 0 Å². The predicted octanol–water partition coefficient (Wildman–Crippen LogP) is 3.75. The Balaban J connectivity index is 2.12. The minimum Gasteiger partial charge on any atom is -0.375 e. The van der Waals surface area contributed by atoms with E-state index >= 15 is 0 Å². The summed E-state index contributed by atoms with van der Waals surface area (Å²) >= 11 is 0. The van der Waals surface area contributed by atoms with E-state index in [1.807, 2.05) is 0 Å². The molecule has 102 valence electrons. The van der Waals surface area contributed by atoms with Gasteiger partial charge in [-0.3, -0.25) is 0 Å². The first-order valence-corrected chi connectivity index (χ1v) is 7.41. The Labute approximate surface area is 108 Å². The number of nitrogens with one attached hydrogen (secondary N) is 1. The quantitative estimate of drug-likeness (QED) is 0.621. The molecule has 0 radical (unpaired) electrons. The lowest BCUT2D eigenvalue weighted by Crippen LogP contribution is -2.43. The summed E-state index contributed by atoms with van der Waals surface area (Å²) in [6.45, 7) is 11.0. The van der Waals surface area contributed by atoms with Crippen LogP contribution in [0.15, 0.2) is 0 Å². The highest BCUT2D eigenvalue weighted by Crippen LogP contribution is 2.38. The van der Waals surface area contributed by atoms with Gasteiger partial charge in [0.05, 0.1) is 5.60 Å². The first-order chi connectivity index (χ1) is 8.04. The summed E-state index contributed by atoms with van der Waals surface area (Å²) in [5, 5.41) is 3.50. The van der Waals surface area contributed by atoms with Crippen LogP contribution in [0.5, 0.6) is 0 Å². The summed E-state index contributed by atoms with van der Waals surface area (Å²) in [5.41, 5.74) is 0.235. The number of hydrogen-bond acceptors (Lipinski definition) is 2. The molecule has 0 aliphatic heterocycles. The van der Waals surface area contributed by atoms with Crippen molar-refractivity contribution in [2.24, 2.45) is 5.92 Å². The summed E-state index contributed by atoms with van der Waals surface area (Å²) in [5.74, 6) is 0.804. The third kappa shape index (κ3) is 5.87. The monoisotopic (exact) mass is 241 g/mol. The molecule has 0 amide bonds. The Kier molecular flexibility index (Phi) is 6.50. The fourth-order valence-corrected chi connectivity index (χ4v) is 2.41. The molecule has 0 aromatic carbocycles. The Hall–Kier alpha value is -0.0800. The van der Waals surface area contributed by atoms with Crippen LogP contribution in [0, 0.1) is 5.92 Å². The molecule has 0 aromatic heterocycles. The fraction of sp³-hybridized carbons (Fsp3) is 1.00. The molecule has 17 heavy (non-hydrogen) atoms. The van der Waals surface area contributed by atoms with Crippen molar-refractivity contribution in [3.63, 3.8) is 0 Å². The van der Waals surface area contributed by atoms with Gasteiger partial charge in [0, 0.05) is 12.6 Å². The van der Waals surface area contributed by atoms with Gasteiger partial charge in [-0.2, -0.15) is 0 Å². The van der Waals surface area contributed by atoms with Gasteiger partial charge >= 0.3 is 0 Å². The van der Waals surface area contributed by atoms with Crippen LogP contribution in [0.3, 0.4) is 0 Å². The number of hydrogen-bond donors (Lipinski definition) is 1. The van der Waals surface area contributed by atoms with Crippen LogP contribution >= 0.6 is 0 Å². The van der Waals surface area contributed by atoms with Crippen LogP contribution in [-0.2, 0) is 4.74 Å². The average molecular weight is 241 g/mol. The van der Waals surface area contributed by atoms with Crippen LogP contribution in [-0.4, -0.2) is 24.8 Å². The summed E-state index contributed by atoms with van der Waals surface area (Å²) in [7, 11) is 0. The lowest BCUT2D eigenvalue weighted by Gasteiger charge is -2.42. The minimum atomic E-state index is 0.235. The van der Waals surface area contributed by atoms with Gasteiger partial charge in [-0.25, -0.2) is 0 Å².